The van der Waals surface area contributed by atoms with Gasteiger partial charge in [0.2, 0.25) is 0 Å². The molecule has 0 atom stereocenters. The van der Waals surface area contributed by atoms with E-state index in [4.69, 9.17) is 0 Å². The Morgan fingerprint density at radius 1 is 0.789 bits per heavy atom. The van der Waals surface area contributed by atoms with E-state index in [1.54, 1.807) is 10.6 Å². The topological polar surface area (TPSA) is 0 Å². The second-order valence-corrected chi connectivity index (χ2v) is 7.35. The molecule has 0 fully saturated rings. The van der Waals surface area contributed by atoms with E-state index in [1.807, 2.05) is 0 Å². The molecule has 2 aromatic carbocycles. The van der Waals surface area contributed by atoms with Crippen LogP contribution in [0, 0.1) is 13.8 Å². The summed E-state index contributed by atoms with van der Waals surface area (Å²) in [5.74, 6) is 0. The lowest BCUT2D eigenvalue weighted by atomic mass is 10.2. The van der Waals surface area contributed by atoms with Gasteiger partial charge in [-0.05, 0) is 56.1 Å². The Kier molecular flexibility index (Phi) is 5.16. The summed E-state index contributed by atoms with van der Waals surface area (Å²) in [5.41, 5.74) is 2.88. The van der Waals surface area contributed by atoms with Gasteiger partial charge in [0.25, 0.3) is 0 Å². The van der Waals surface area contributed by atoms with E-state index in [-0.39, 0.29) is 7.92 Å². The first-order valence-electron chi connectivity index (χ1n) is 7.13. The van der Waals surface area contributed by atoms with Gasteiger partial charge >= 0.3 is 0 Å². The Bertz CT molecular complexity index is 485. The molecule has 0 aliphatic heterocycles. The average Bonchev–Trinajstić information content (AvgIpc) is 2.42. The van der Waals surface area contributed by atoms with Crippen LogP contribution in [0.4, 0.5) is 0 Å². The quantitative estimate of drug-likeness (QED) is 0.700. The van der Waals surface area contributed by atoms with Crippen LogP contribution in [0.15, 0.2) is 48.5 Å². The summed E-state index contributed by atoms with van der Waals surface area (Å²) < 4.78 is 0. The van der Waals surface area contributed by atoms with Crippen molar-refractivity contribution in [1.82, 2.24) is 0 Å². The summed E-state index contributed by atoms with van der Waals surface area (Å²) in [6.45, 7) is 6.77. The predicted molar refractivity (Wildman–Crippen MR) is 88.3 cm³/mol. The standard InChI is InChI=1S/C18H23P/c1-4-5-14-19(17-12-8-6-10-15(17)2)18-13-9-7-11-16(18)3/h6-13H,4-5,14H2,1-3H3. The normalized spacial score (nSPS) is 10.9. The maximum Gasteiger partial charge on any atom is -0.0166 e. The van der Waals surface area contributed by atoms with Crippen LogP contribution < -0.4 is 10.6 Å². The number of unbranched alkanes of at least 4 members (excludes halogenated alkanes) is 1. The maximum atomic E-state index is 2.32. The van der Waals surface area contributed by atoms with Crippen molar-refractivity contribution in [2.45, 2.75) is 33.6 Å². The fourth-order valence-electron chi connectivity index (χ4n) is 2.42. The molecular weight excluding hydrogens is 247 g/mol. The highest BCUT2D eigenvalue weighted by Gasteiger charge is 2.16. The molecule has 19 heavy (non-hydrogen) atoms. The molecule has 0 aromatic heterocycles. The first-order valence-corrected chi connectivity index (χ1v) is 8.65. The molecule has 2 rings (SSSR count). The van der Waals surface area contributed by atoms with Crippen molar-refractivity contribution in [3.8, 4) is 0 Å². The Hall–Kier alpha value is -1.13. The van der Waals surface area contributed by atoms with Crippen molar-refractivity contribution >= 4 is 18.5 Å². The van der Waals surface area contributed by atoms with Crippen LogP contribution in [-0.2, 0) is 0 Å². The molecule has 0 saturated carbocycles. The summed E-state index contributed by atoms with van der Waals surface area (Å²) >= 11 is 0. The molecule has 0 amide bonds. The highest BCUT2D eigenvalue weighted by Crippen LogP contribution is 2.36. The summed E-state index contributed by atoms with van der Waals surface area (Å²) in [7, 11) is -0.198. The lowest BCUT2D eigenvalue weighted by Crippen LogP contribution is -2.18. The van der Waals surface area contributed by atoms with Crippen LogP contribution in [0.25, 0.3) is 0 Å². The van der Waals surface area contributed by atoms with Gasteiger partial charge in [0.05, 0.1) is 0 Å². The molecule has 0 aliphatic rings. The zero-order chi connectivity index (χ0) is 13.7. The van der Waals surface area contributed by atoms with Gasteiger partial charge in [0.15, 0.2) is 0 Å². The van der Waals surface area contributed by atoms with E-state index in [0.29, 0.717) is 0 Å². The van der Waals surface area contributed by atoms with E-state index in [2.05, 4.69) is 69.3 Å². The Morgan fingerprint density at radius 2 is 1.26 bits per heavy atom. The minimum Gasteiger partial charge on any atom is -0.0654 e. The van der Waals surface area contributed by atoms with Crippen molar-refractivity contribution < 1.29 is 0 Å². The van der Waals surface area contributed by atoms with E-state index in [9.17, 15) is 0 Å². The van der Waals surface area contributed by atoms with Gasteiger partial charge in [0.1, 0.15) is 0 Å². The van der Waals surface area contributed by atoms with E-state index in [1.165, 1.54) is 30.1 Å². The third-order valence-electron chi connectivity index (χ3n) is 3.55. The van der Waals surface area contributed by atoms with Crippen LogP contribution in [-0.4, -0.2) is 6.16 Å². The number of hydrogen-bond acceptors (Lipinski definition) is 0. The average molecular weight is 270 g/mol. The molecule has 0 aliphatic carbocycles. The second kappa shape index (κ2) is 6.87. The van der Waals surface area contributed by atoms with Crippen molar-refractivity contribution in [2.24, 2.45) is 0 Å². The zero-order valence-electron chi connectivity index (χ0n) is 12.2. The van der Waals surface area contributed by atoms with Crippen molar-refractivity contribution in [3.05, 3.63) is 59.7 Å². The van der Waals surface area contributed by atoms with Crippen LogP contribution in [0.2, 0.25) is 0 Å². The second-order valence-electron chi connectivity index (χ2n) is 5.08. The van der Waals surface area contributed by atoms with Gasteiger partial charge in [-0.1, -0.05) is 61.9 Å². The third-order valence-corrected chi connectivity index (χ3v) is 6.48. The van der Waals surface area contributed by atoms with E-state index >= 15 is 0 Å². The number of hydrogen-bond donors (Lipinski definition) is 0. The number of aryl methyl sites for hydroxylation is 2. The lowest BCUT2D eigenvalue weighted by Gasteiger charge is -2.22. The molecule has 0 saturated heterocycles. The molecule has 0 bridgehead atoms. The smallest absolute Gasteiger partial charge is 0.0166 e. The number of benzene rings is 2. The van der Waals surface area contributed by atoms with Crippen molar-refractivity contribution in [2.75, 3.05) is 6.16 Å². The SMILES string of the molecule is CCCCP(c1ccccc1C)c1ccccc1C. The monoisotopic (exact) mass is 270 g/mol. The summed E-state index contributed by atoms with van der Waals surface area (Å²) in [6.07, 6.45) is 3.90. The molecule has 0 spiro atoms. The Labute approximate surface area is 118 Å². The summed E-state index contributed by atoms with van der Waals surface area (Å²) in [5, 5.41) is 3.11. The minimum absolute atomic E-state index is 0.198. The predicted octanol–water partition coefficient (Wildman–Crippen LogP) is 4.54. The third kappa shape index (κ3) is 3.45. The first kappa shape index (κ1) is 14.3. The fraction of sp³-hybridized carbons (Fsp3) is 0.333. The van der Waals surface area contributed by atoms with Crippen molar-refractivity contribution in [1.29, 1.82) is 0 Å². The van der Waals surface area contributed by atoms with Crippen LogP contribution in [0.3, 0.4) is 0 Å². The highest BCUT2D eigenvalue weighted by atomic mass is 31.1. The molecule has 2 aromatic rings. The first-order chi connectivity index (χ1) is 9.24. The lowest BCUT2D eigenvalue weighted by molar-refractivity contribution is 0.893. The van der Waals surface area contributed by atoms with Gasteiger partial charge in [-0.3, -0.25) is 0 Å². The molecule has 0 heterocycles. The maximum absolute atomic E-state index is 2.32. The summed E-state index contributed by atoms with van der Waals surface area (Å²) in [4.78, 5) is 0. The highest BCUT2D eigenvalue weighted by molar-refractivity contribution is 7.73. The minimum atomic E-state index is -0.198. The molecule has 0 radical (unpaired) electrons. The number of rotatable bonds is 5. The zero-order valence-corrected chi connectivity index (χ0v) is 13.1. The molecule has 100 valence electrons. The van der Waals surface area contributed by atoms with Gasteiger partial charge < -0.3 is 0 Å². The molecule has 0 N–H and O–H groups in total. The molecule has 0 unspecified atom stereocenters. The van der Waals surface area contributed by atoms with E-state index < -0.39 is 0 Å². The van der Waals surface area contributed by atoms with Gasteiger partial charge in [-0.15, -0.1) is 0 Å². The van der Waals surface area contributed by atoms with E-state index in [0.717, 1.165) is 0 Å². The largest absolute Gasteiger partial charge is 0.0654 e. The van der Waals surface area contributed by atoms with Gasteiger partial charge in [-0.2, -0.15) is 0 Å². The van der Waals surface area contributed by atoms with Gasteiger partial charge in [0, 0.05) is 0 Å². The van der Waals surface area contributed by atoms with Gasteiger partial charge in [-0.25, -0.2) is 0 Å². The molecular formula is C18H23P. The van der Waals surface area contributed by atoms with Crippen LogP contribution >= 0.6 is 7.92 Å². The molecule has 0 nitrogen and oxygen atoms in total. The summed E-state index contributed by atoms with van der Waals surface area (Å²) in [6, 6.07) is 17.8. The molecule has 1 heteroatoms. The Morgan fingerprint density at radius 3 is 1.68 bits per heavy atom. The van der Waals surface area contributed by atoms with Crippen molar-refractivity contribution in [3.63, 3.8) is 0 Å². The fourth-order valence-corrected chi connectivity index (χ4v) is 5.33. The van der Waals surface area contributed by atoms with Crippen LogP contribution in [0.5, 0.6) is 0 Å². The Balaban J connectivity index is 2.42. The van der Waals surface area contributed by atoms with Crippen LogP contribution in [0.1, 0.15) is 30.9 Å².